The van der Waals surface area contributed by atoms with E-state index in [4.69, 9.17) is 0 Å². The minimum Gasteiger partial charge on any atom is -0.368 e. The predicted molar refractivity (Wildman–Crippen MR) is 70.8 cm³/mol. The molecule has 1 aliphatic rings. The molecule has 0 atom stereocenters. The van der Waals surface area contributed by atoms with Gasteiger partial charge in [0.1, 0.15) is 5.82 Å². The molecule has 0 spiro atoms. The zero-order chi connectivity index (χ0) is 11.5. The number of hydrogen-bond acceptors (Lipinski definition) is 3. The molecule has 1 fully saturated rings. The standard InChI is InChI=1S/C12H18BrN3/c1-9-5-6-14-12(11(9)13)15-7-8-16(2)10-3-4-10/h5-6,10H,3-4,7-8H2,1-2H3,(H,14,15). The van der Waals surface area contributed by atoms with Crippen molar-refractivity contribution in [1.82, 2.24) is 9.88 Å². The van der Waals surface area contributed by atoms with Gasteiger partial charge in [-0.1, -0.05) is 0 Å². The Bertz CT molecular complexity index is 363. The highest BCUT2D eigenvalue weighted by Gasteiger charge is 2.25. The van der Waals surface area contributed by atoms with Gasteiger partial charge in [0.25, 0.3) is 0 Å². The fourth-order valence-corrected chi connectivity index (χ4v) is 2.09. The second-order valence-corrected chi connectivity index (χ2v) is 5.22. The molecule has 2 rings (SSSR count). The van der Waals surface area contributed by atoms with E-state index in [1.54, 1.807) is 0 Å². The summed E-state index contributed by atoms with van der Waals surface area (Å²) in [6, 6.07) is 2.83. The fourth-order valence-electron chi connectivity index (χ4n) is 1.71. The quantitative estimate of drug-likeness (QED) is 0.901. The van der Waals surface area contributed by atoms with E-state index in [1.165, 1.54) is 18.4 Å². The SMILES string of the molecule is Cc1ccnc(NCCN(C)C2CC2)c1Br. The van der Waals surface area contributed by atoms with Crippen LogP contribution in [0.15, 0.2) is 16.7 Å². The molecule has 1 aliphatic carbocycles. The number of rotatable bonds is 5. The van der Waals surface area contributed by atoms with E-state index in [2.05, 4.69) is 45.1 Å². The average Bonchev–Trinajstić information content (AvgIpc) is 3.07. The lowest BCUT2D eigenvalue weighted by molar-refractivity contribution is 0.337. The maximum Gasteiger partial charge on any atom is 0.140 e. The van der Waals surface area contributed by atoms with Crippen molar-refractivity contribution in [3.8, 4) is 0 Å². The summed E-state index contributed by atoms with van der Waals surface area (Å²) < 4.78 is 1.07. The molecule has 88 valence electrons. The lowest BCUT2D eigenvalue weighted by atomic mass is 10.3. The monoisotopic (exact) mass is 283 g/mol. The van der Waals surface area contributed by atoms with Gasteiger partial charge in [-0.2, -0.15) is 0 Å². The number of aryl methyl sites for hydroxylation is 1. The van der Waals surface area contributed by atoms with Gasteiger partial charge in [-0.15, -0.1) is 0 Å². The van der Waals surface area contributed by atoms with Gasteiger partial charge in [0.15, 0.2) is 0 Å². The molecule has 1 heterocycles. The second kappa shape index (κ2) is 5.15. The van der Waals surface area contributed by atoms with Gasteiger partial charge < -0.3 is 10.2 Å². The molecule has 1 N–H and O–H groups in total. The molecule has 16 heavy (non-hydrogen) atoms. The molecule has 1 aromatic rings. The number of aromatic nitrogens is 1. The first-order valence-corrected chi connectivity index (χ1v) is 6.53. The number of likely N-dealkylation sites (N-methyl/N-ethyl adjacent to an activating group) is 1. The van der Waals surface area contributed by atoms with Gasteiger partial charge in [0, 0.05) is 25.3 Å². The van der Waals surface area contributed by atoms with Crippen LogP contribution in [0.4, 0.5) is 5.82 Å². The largest absolute Gasteiger partial charge is 0.368 e. The topological polar surface area (TPSA) is 28.2 Å². The van der Waals surface area contributed by atoms with Crippen molar-refractivity contribution in [3.05, 3.63) is 22.3 Å². The van der Waals surface area contributed by atoms with Crippen molar-refractivity contribution >= 4 is 21.7 Å². The molecule has 0 unspecified atom stereocenters. The highest BCUT2D eigenvalue weighted by atomic mass is 79.9. The van der Waals surface area contributed by atoms with Crippen molar-refractivity contribution in [2.45, 2.75) is 25.8 Å². The van der Waals surface area contributed by atoms with Crippen LogP contribution in [0.5, 0.6) is 0 Å². The number of nitrogens with zero attached hydrogens (tertiary/aromatic N) is 2. The van der Waals surface area contributed by atoms with E-state index in [-0.39, 0.29) is 0 Å². The number of nitrogens with one attached hydrogen (secondary N) is 1. The molecule has 0 aromatic carbocycles. The Morgan fingerprint density at radius 1 is 1.56 bits per heavy atom. The Morgan fingerprint density at radius 2 is 2.31 bits per heavy atom. The molecule has 0 amide bonds. The Hall–Kier alpha value is -0.610. The van der Waals surface area contributed by atoms with E-state index < -0.39 is 0 Å². The van der Waals surface area contributed by atoms with E-state index in [1.807, 2.05) is 12.3 Å². The van der Waals surface area contributed by atoms with Crippen molar-refractivity contribution in [2.75, 3.05) is 25.5 Å². The van der Waals surface area contributed by atoms with Gasteiger partial charge in [0.2, 0.25) is 0 Å². The summed E-state index contributed by atoms with van der Waals surface area (Å²) >= 11 is 3.55. The van der Waals surface area contributed by atoms with Crippen LogP contribution >= 0.6 is 15.9 Å². The average molecular weight is 284 g/mol. The molecule has 1 aromatic heterocycles. The number of anilines is 1. The summed E-state index contributed by atoms with van der Waals surface area (Å²) in [6.07, 6.45) is 4.57. The van der Waals surface area contributed by atoms with Gasteiger partial charge in [-0.05, 0) is 54.4 Å². The van der Waals surface area contributed by atoms with Gasteiger partial charge >= 0.3 is 0 Å². The maximum absolute atomic E-state index is 4.32. The molecule has 1 saturated carbocycles. The predicted octanol–water partition coefficient (Wildman–Crippen LogP) is 2.66. The highest BCUT2D eigenvalue weighted by molar-refractivity contribution is 9.10. The van der Waals surface area contributed by atoms with Gasteiger partial charge in [0.05, 0.1) is 4.47 Å². The molecule has 4 heteroatoms. The van der Waals surface area contributed by atoms with Crippen LogP contribution in [-0.2, 0) is 0 Å². The molecule has 0 radical (unpaired) electrons. The number of pyridine rings is 1. The number of hydrogen-bond donors (Lipinski definition) is 1. The third-order valence-corrected chi connectivity index (χ3v) is 4.01. The van der Waals surface area contributed by atoms with Gasteiger partial charge in [-0.3, -0.25) is 0 Å². The zero-order valence-corrected chi connectivity index (χ0v) is 11.4. The summed E-state index contributed by atoms with van der Waals surface area (Å²) in [4.78, 5) is 6.73. The van der Waals surface area contributed by atoms with Crippen molar-refractivity contribution < 1.29 is 0 Å². The van der Waals surface area contributed by atoms with E-state index in [9.17, 15) is 0 Å². The summed E-state index contributed by atoms with van der Waals surface area (Å²) in [5.41, 5.74) is 1.22. The number of halogens is 1. The van der Waals surface area contributed by atoms with Crippen LogP contribution in [0.25, 0.3) is 0 Å². The minimum absolute atomic E-state index is 0.829. The van der Waals surface area contributed by atoms with Crippen LogP contribution in [0.1, 0.15) is 18.4 Å². The summed E-state index contributed by atoms with van der Waals surface area (Å²) in [5.74, 6) is 0.948. The van der Waals surface area contributed by atoms with Crippen molar-refractivity contribution in [3.63, 3.8) is 0 Å². The third-order valence-electron chi connectivity index (χ3n) is 3.01. The Labute approximate surface area is 105 Å². The first-order chi connectivity index (χ1) is 7.68. The molecule has 0 bridgehead atoms. The van der Waals surface area contributed by atoms with Gasteiger partial charge in [-0.25, -0.2) is 4.98 Å². The van der Waals surface area contributed by atoms with Crippen LogP contribution < -0.4 is 5.32 Å². The molecular formula is C12H18BrN3. The second-order valence-electron chi connectivity index (χ2n) is 4.43. The lowest BCUT2D eigenvalue weighted by Gasteiger charge is -2.16. The van der Waals surface area contributed by atoms with Crippen LogP contribution in [0.2, 0.25) is 0 Å². The highest BCUT2D eigenvalue weighted by Crippen LogP contribution is 2.25. The van der Waals surface area contributed by atoms with Crippen molar-refractivity contribution in [1.29, 1.82) is 0 Å². The maximum atomic E-state index is 4.32. The van der Waals surface area contributed by atoms with E-state index in [0.29, 0.717) is 0 Å². The van der Waals surface area contributed by atoms with Crippen LogP contribution in [0.3, 0.4) is 0 Å². The van der Waals surface area contributed by atoms with Crippen LogP contribution in [0, 0.1) is 6.92 Å². The van der Waals surface area contributed by atoms with E-state index in [0.717, 1.165) is 29.4 Å². The fraction of sp³-hybridized carbons (Fsp3) is 0.583. The Morgan fingerprint density at radius 3 is 3.00 bits per heavy atom. The molecule has 3 nitrogen and oxygen atoms in total. The Kier molecular flexibility index (Phi) is 3.82. The molecule has 0 aliphatic heterocycles. The lowest BCUT2D eigenvalue weighted by Crippen LogP contribution is -2.27. The van der Waals surface area contributed by atoms with E-state index >= 15 is 0 Å². The summed E-state index contributed by atoms with van der Waals surface area (Å²) in [7, 11) is 2.19. The first kappa shape index (κ1) is 11.9. The minimum atomic E-state index is 0.829. The smallest absolute Gasteiger partial charge is 0.140 e. The normalized spacial score (nSPS) is 15.5. The molecule has 0 saturated heterocycles. The summed E-state index contributed by atoms with van der Waals surface area (Å²) in [5, 5.41) is 3.37. The first-order valence-electron chi connectivity index (χ1n) is 5.73. The molecular weight excluding hydrogens is 266 g/mol. The third kappa shape index (κ3) is 2.95. The van der Waals surface area contributed by atoms with Crippen molar-refractivity contribution in [2.24, 2.45) is 0 Å². The summed E-state index contributed by atoms with van der Waals surface area (Å²) in [6.45, 7) is 4.10. The Balaban J connectivity index is 1.82. The van der Waals surface area contributed by atoms with Crippen LogP contribution in [-0.4, -0.2) is 36.1 Å². The zero-order valence-electron chi connectivity index (χ0n) is 9.83.